The maximum absolute atomic E-state index is 14.3. The van der Waals surface area contributed by atoms with Crippen molar-refractivity contribution in [2.24, 2.45) is 5.73 Å². The summed E-state index contributed by atoms with van der Waals surface area (Å²) in [6, 6.07) is 2.38. The number of nitrogens with zero attached hydrogens (tertiary/aromatic N) is 1. The lowest BCUT2D eigenvalue weighted by molar-refractivity contribution is 0.177. The fourth-order valence-electron chi connectivity index (χ4n) is 2.12. The molecule has 5 nitrogen and oxygen atoms in total. The summed E-state index contributed by atoms with van der Waals surface area (Å²) in [6.07, 6.45) is 1.55. The van der Waals surface area contributed by atoms with E-state index < -0.39 is 20.7 Å². The minimum absolute atomic E-state index is 0.0866. The normalized spacial score (nSPS) is 15.7. The molecule has 8 heteroatoms. The molecule has 0 bridgehead atoms. The van der Waals surface area contributed by atoms with E-state index in [-0.39, 0.29) is 36.3 Å². The Morgan fingerprint density at radius 1 is 1.48 bits per heavy atom. The number of sulfonamides is 1. The van der Waals surface area contributed by atoms with Crippen LogP contribution in [0.3, 0.4) is 0 Å². The molecular formula is C13H18ClFN2O3S. The van der Waals surface area contributed by atoms with Crippen LogP contribution in [-0.4, -0.2) is 39.0 Å². The lowest BCUT2D eigenvalue weighted by Crippen LogP contribution is -2.36. The van der Waals surface area contributed by atoms with Crippen LogP contribution in [0.5, 0.6) is 0 Å². The first-order chi connectivity index (χ1) is 9.91. The lowest BCUT2D eigenvalue weighted by atomic mass is 10.2. The van der Waals surface area contributed by atoms with Crippen molar-refractivity contribution < 1.29 is 17.5 Å². The molecule has 0 amide bonds. The first-order valence-corrected chi connectivity index (χ1v) is 8.42. The van der Waals surface area contributed by atoms with Gasteiger partial charge in [-0.1, -0.05) is 11.6 Å². The van der Waals surface area contributed by atoms with Crippen molar-refractivity contribution >= 4 is 21.6 Å². The molecule has 1 aromatic rings. The third-order valence-corrected chi connectivity index (χ3v) is 5.53. The highest BCUT2D eigenvalue weighted by Crippen LogP contribution is 2.34. The molecular weight excluding hydrogens is 319 g/mol. The van der Waals surface area contributed by atoms with Crippen molar-refractivity contribution in [2.45, 2.75) is 30.3 Å². The van der Waals surface area contributed by atoms with Gasteiger partial charge in [-0.3, -0.25) is 0 Å². The van der Waals surface area contributed by atoms with Crippen molar-refractivity contribution in [3.8, 4) is 0 Å². The summed E-state index contributed by atoms with van der Waals surface area (Å²) in [5.74, 6) is -0.829. The Morgan fingerprint density at radius 3 is 2.67 bits per heavy atom. The molecule has 1 aliphatic rings. The molecule has 0 heterocycles. The Balaban J connectivity index is 2.44. The molecule has 0 saturated heterocycles. The quantitative estimate of drug-likeness (QED) is 0.823. The lowest BCUT2D eigenvalue weighted by Gasteiger charge is -2.22. The SMILES string of the molecule is COCCN(C1CC1)S(=O)(=O)c1cc(Cl)cc(CN)c1F. The minimum atomic E-state index is -3.96. The molecule has 0 aromatic heterocycles. The maximum atomic E-state index is 14.3. The molecule has 2 rings (SSSR count). The second-order valence-corrected chi connectivity index (χ2v) is 7.22. The third kappa shape index (κ3) is 3.54. The third-order valence-electron chi connectivity index (χ3n) is 3.36. The first-order valence-electron chi connectivity index (χ1n) is 6.60. The smallest absolute Gasteiger partial charge is 0.246 e. The van der Waals surface area contributed by atoms with E-state index in [0.717, 1.165) is 18.9 Å². The molecule has 1 fully saturated rings. The van der Waals surface area contributed by atoms with Crippen LogP contribution in [0.25, 0.3) is 0 Å². The Kier molecular flexibility index (Phi) is 5.21. The Labute approximate surface area is 128 Å². The second-order valence-electron chi connectivity index (χ2n) is 4.92. The van der Waals surface area contributed by atoms with E-state index in [0.29, 0.717) is 0 Å². The van der Waals surface area contributed by atoms with Gasteiger partial charge in [0, 0.05) is 36.8 Å². The minimum Gasteiger partial charge on any atom is -0.383 e. The average molecular weight is 337 g/mol. The van der Waals surface area contributed by atoms with Gasteiger partial charge < -0.3 is 10.5 Å². The molecule has 0 spiro atoms. The molecule has 1 saturated carbocycles. The van der Waals surface area contributed by atoms with Crippen LogP contribution in [0.4, 0.5) is 4.39 Å². The van der Waals surface area contributed by atoms with Crippen LogP contribution in [0.1, 0.15) is 18.4 Å². The molecule has 0 aliphatic heterocycles. The standard InChI is InChI=1S/C13H18ClFN2O3S/c1-20-5-4-17(11-2-3-11)21(18,19)12-7-10(14)6-9(8-16)13(12)15/h6-7,11H,2-5,8,16H2,1H3. The van der Waals surface area contributed by atoms with Crippen molar-refractivity contribution in [3.05, 3.63) is 28.5 Å². The monoisotopic (exact) mass is 336 g/mol. The van der Waals surface area contributed by atoms with Crippen LogP contribution < -0.4 is 5.73 Å². The first kappa shape index (κ1) is 16.6. The highest BCUT2D eigenvalue weighted by atomic mass is 35.5. The highest BCUT2D eigenvalue weighted by molar-refractivity contribution is 7.89. The molecule has 0 unspecified atom stereocenters. The fourth-order valence-corrected chi connectivity index (χ4v) is 4.23. The van der Waals surface area contributed by atoms with E-state index in [9.17, 15) is 12.8 Å². The zero-order chi connectivity index (χ0) is 15.6. The van der Waals surface area contributed by atoms with Gasteiger partial charge in [0.1, 0.15) is 10.7 Å². The van der Waals surface area contributed by atoms with Crippen LogP contribution >= 0.6 is 11.6 Å². The van der Waals surface area contributed by atoms with Crippen LogP contribution in [-0.2, 0) is 21.3 Å². The number of ether oxygens (including phenoxy) is 1. The summed E-state index contributed by atoms with van der Waals surface area (Å²) in [5, 5.41) is 0.151. The van der Waals surface area contributed by atoms with E-state index in [1.54, 1.807) is 0 Å². The van der Waals surface area contributed by atoms with Gasteiger partial charge in [0.05, 0.1) is 6.61 Å². The van der Waals surface area contributed by atoms with Crippen molar-refractivity contribution in [1.82, 2.24) is 4.31 Å². The number of benzene rings is 1. The van der Waals surface area contributed by atoms with E-state index in [1.165, 1.54) is 17.5 Å². The van der Waals surface area contributed by atoms with E-state index >= 15 is 0 Å². The molecule has 2 N–H and O–H groups in total. The number of hydrogen-bond acceptors (Lipinski definition) is 4. The van der Waals surface area contributed by atoms with Gasteiger partial charge in [-0.15, -0.1) is 0 Å². The van der Waals surface area contributed by atoms with E-state index in [2.05, 4.69) is 0 Å². The molecule has 0 atom stereocenters. The molecule has 1 aromatic carbocycles. The summed E-state index contributed by atoms with van der Waals surface area (Å²) in [5.41, 5.74) is 5.52. The summed E-state index contributed by atoms with van der Waals surface area (Å²) in [6.45, 7) is 0.325. The molecule has 21 heavy (non-hydrogen) atoms. The zero-order valence-electron chi connectivity index (χ0n) is 11.7. The van der Waals surface area contributed by atoms with Gasteiger partial charge in [-0.2, -0.15) is 4.31 Å². The Bertz CT molecular complexity index is 620. The summed E-state index contributed by atoms with van der Waals surface area (Å²) >= 11 is 5.88. The van der Waals surface area contributed by atoms with Gasteiger partial charge in [0.2, 0.25) is 10.0 Å². The summed E-state index contributed by atoms with van der Waals surface area (Å²) in [7, 11) is -2.47. The van der Waals surface area contributed by atoms with Crippen molar-refractivity contribution in [1.29, 1.82) is 0 Å². The van der Waals surface area contributed by atoms with Gasteiger partial charge >= 0.3 is 0 Å². The number of halogens is 2. The molecule has 1 aliphatic carbocycles. The Hall–Kier alpha value is -0.730. The summed E-state index contributed by atoms with van der Waals surface area (Å²) < 4.78 is 45.9. The topological polar surface area (TPSA) is 72.6 Å². The molecule has 0 radical (unpaired) electrons. The van der Waals surface area contributed by atoms with Crippen LogP contribution in [0, 0.1) is 5.82 Å². The number of rotatable bonds is 7. The Morgan fingerprint density at radius 2 is 2.14 bits per heavy atom. The predicted molar refractivity (Wildman–Crippen MR) is 78.1 cm³/mol. The number of hydrogen-bond donors (Lipinski definition) is 1. The average Bonchev–Trinajstić information content (AvgIpc) is 3.25. The van der Waals surface area contributed by atoms with E-state index in [4.69, 9.17) is 22.1 Å². The molecule has 118 valence electrons. The van der Waals surface area contributed by atoms with Gasteiger partial charge in [-0.05, 0) is 25.0 Å². The summed E-state index contributed by atoms with van der Waals surface area (Å²) in [4.78, 5) is -0.418. The zero-order valence-corrected chi connectivity index (χ0v) is 13.3. The predicted octanol–water partition coefficient (Wildman–Crippen LogP) is 1.74. The van der Waals surface area contributed by atoms with Crippen molar-refractivity contribution in [3.63, 3.8) is 0 Å². The van der Waals surface area contributed by atoms with E-state index in [1.807, 2.05) is 0 Å². The second kappa shape index (κ2) is 6.58. The maximum Gasteiger partial charge on any atom is 0.246 e. The number of nitrogens with two attached hydrogens (primary N) is 1. The van der Waals surface area contributed by atoms with Gasteiger partial charge in [-0.25, -0.2) is 12.8 Å². The van der Waals surface area contributed by atoms with Gasteiger partial charge in [0.15, 0.2) is 0 Å². The highest BCUT2D eigenvalue weighted by Gasteiger charge is 2.39. The fraction of sp³-hybridized carbons (Fsp3) is 0.538. The van der Waals surface area contributed by atoms with Crippen molar-refractivity contribution in [2.75, 3.05) is 20.3 Å². The van der Waals surface area contributed by atoms with Gasteiger partial charge in [0.25, 0.3) is 0 Å². The largest absolute Gasteiger partial charge is 0.383 e. The number of methoxy groups -OCH3 is 1. The van der Waals surface area contributed by atoms with Crippen LogP contribution in [0.15, 0.2) is 17.0 Å². The van der Waals surface area contributed by atoms with Crippen LogP contribution in [0.2, 0.25) is 5.02 Å².